The van der Waals surface area contributed by atoms with E-state index >= 15 is 0 Å². The zero-order valence-electron chi connectivity index (χ0n) is 15.0. The van der Waals surface area contributed by atoms with Crippen molar-refractivity contribution in [3.8, 4) is 0 Å². The van der Waals surface area contributed by atoms with Gasteiger partial charge in [0.25, 0.3) is 0 Å². The average molecular weight is 491 g/mol. The van der Waals surface area contributed by atoms with Gasteiger partial charge in [-0.15, -0.1) is 35.3 Å². The van der Waals surface area contributed by atoms with Gasteiger partial charge in [-0.25, -0.2) is 9.98 Å². The lowest BCUT2D eigenvalue weighted by Crippen LogP contribution is -2.53. The number of nitrogens with zero attached hydrogens (tertiary/aromatic N) is 4. The van der Waals surface area contributed by atoms with Gasteiger partial charge in [-0.2, -0.15) is 0 Å². The van der Waals surface area contributed by atoms with Crippen LogP contribution in [0.15, 0.2) is 22.8 Å². The predicted molar refractivity (Wildman–Crippen MR) is 114 cm³/mol. The van der Waals surface area contributed by atoms with Gasteiger partial charge in [0, 0.05) is 44.0 Å². The Bertz CT molecular complexity index is 699. The summed E-state index contributed by atoms with van der Waals surface area (Å²) in [5.74, 6) is 0.935. The number of aliphatic imine (C=N–C) groups is 1. The number of nitrogens with one attached hydrogen (secondary N) is 1. The fourth-order valence-corrected chi connectivity index (χ4v) is 4.14. The maximum Gasteiger partial charge on any atom is 0.194 e. The molecule has 9 heteroatoms. The van der Waals surface area contributed by atoms with Crippen molar-refractivity contribution in [2.24, 2.45) is 4.99 Å². The normalized spacial score (nSPS) is 24.0. The molecule has 0 aromatic carbocycles. The standard InChI is InChI=1S/C17H25N5O2S.HI/c1-2-18-16(19-10-13-11-22-6-9-25-17(22)20-13)21-5-8-24-15(12-21)14-4-3-7-23-14;/h6,9,11,14-15H,2-5,7-8,10,12H2,1H3,(H,18,19);1H. The molecule has 0 spiro atoms. The Morgan fingerprint density at radius 3 is 3.04 bits per heavy atom. The monoisotopic (exact) mass is 491 g/mol. The number of fused-ring (bicyclic) bond motifs is 1. The summed E-state index contributed by atoms with van der Waals surface area (Å²) >= 11 is 1.64. The van der Waals surface area contributed by atoms with Crippen molar-refractivity contribution in [2.45, 2.75) is 38.5 Å². The highest BCUT2D eigenvalue weighted by Crippen LogP contribution is 2.21. The Hall–Kier alpha value is -0.910. The second-order valence-corrected chi connectivity index (χ2v) is 7.27. The maximum atomic E-state index is 5.95. The van der Waals surface area contributed by atoms with E-state index in [9.17, 15) is 0 Å². The van der Waals surface area contributed by atoms with Crippen LogP contribution in [0.3, 0.4) is 0 Å². The molecule has 0 amide bonds. The average Bonchev–Trinajstić information content (AvgIpc) is 3.35. The number of hydrogen-bond donors (Lipinski definition) is 1. The number of imidazole rings is 1. The van der Waals surface area contributed by atoms with Gasteiger partial charge < -0.3 is 19.7 Å². The molecule has 4 heterocycles. The largest absolute Gasteiger partial charge is 0.375 e. The zero-order valence-corrected chi connectivity index (χ0v) is 18.1. The molecule has 2 aromatic heterocycles. The van der Waals surface area contributed by atoms with Crippen LogP contribution in [-0.2, 0) is 16.0 Å². The van der Waals surface area contributed by atoms with Crippen molar-refractivity contribution in [1.82, 2.24) is 19.6 Å². The first-order valence-electron chi connectivity index (χ1n) is 9.01. The van der Waals surface area contributed by atoms with Crippen molar-refractivity contribution in [1.29, 1.82) is 0 Å². The highest BCUT2D eigenvalue weighted by Gasteiger charge is 2.32. The molecule has 0 bridgehead atoms. The van der Waals surface area contributed by atoms with Crippen LogP contribution in [0.2, 0.25) is 0 Å². The van der Waals surface area contributed by atoms with Crippen molar-refractivity contribution in [3.05, 3.63) is 23.5 Å². The number of guanidine groups is 1. The first kappa shape index (κ1) is 19.8. The molecule has 26 heavy (non-hydrogen) atoms. The molecule has 2 fully saturated rings. The molecule has 144 valence electrons. The van der Waals surface area contributed by atoms with Crippen LogP contribution in [-0.4, -0.2) is 65.3 Å². The Morgan fingerprint density at radius 2 is 2.27 bits per heavy atom. The fourth-order valence-electron chi connectivity index (χ4n) is 3.42. The highest BCUT2D eigenvalue weighted by atomic mass is 127. The van der Waals surface area contributed by atoms with E-state index in [-0.39, 0.29) is 36.2 Å². The molecule has 0 radical (unpaired) electrons. The number of thiazole rings is 1. The summed E-state index contributed by atoms with van der Waals surface area (Å²) in [5.41, 5.74) is 0.992. The molecule has 7 nitrogen and oxygen atoms in total. The van der Waals surface area contributed by atoms with Crippen LogP contribution in [0, 0.1) is 0 Å². The number of hydrogen-bond acceptors (Lipinski definition) is 5. The predicted octanol–water partition coefficient (Wildman–Crippen LogP) is 2.36. The molecule has 0 aliphatic carbocycles. The van der Waals surface area contributed by atoms with Gasteiger partial charge in [-0.3, -0.25) is 4.40 Å². The lowest BCUT2D eigenvalue weighted by molar-refractivity contribution is -0.0817. The van der Waals surface area contributed by atoms with E-state index in [0.717, 1.165) is 62.3 Å². The second-order valence-electron chi connectivity index (χ2n) is 6.40. The molecule has 4 rings (SSSR count). The molecule has 2 aliphatic rings. The molecule has 2 atom stereocenters. The molecular weight excluding hydrogens is 465 g/mol. The molecular formula is C17H26IN5O2S. The van der Waals surface area contributed by atoms with Gasteiger partial charge in [0.05, 0.1) is 24.9 Å². The fraction of sp³-hybridized carbons (Fsp3) is 0.647. The Kier molecular flexibility index (Phi) is 7.12. The van der Waals surface area contributed by atoms with Crippen LogP contribution in [0.4, 0.5) is 0 Å². The summed E-state index contributed by atoms with van der Waals surface area (Å²) in [4.78, 5) is 12.7. The van der Waals surface area contributed by atoms with Crippen LogP contribution in [0.5, 0.6) is 0 Å². The third-order valence-electron chi connectivity index (χ3n) is 4.64. The highest BCUT2D eigenvalue weighted by molar-refractivity contribution is 14.0. The zero-order chi connectivity index (χ0) is 17.1. The van der Waals surface area contributed by atoms with Crippen LogP contribution < -0.4 is 5.32 Å². The maximum absolute atomic E-state index is 5.95. The van der Waals surface area contributed by atoms with Crippen molar-refractivity contribution < 1.29 is 9.47 Å². The Morgan fingerprint density at radius 1 is 1.38 bits per heavy atom. The third-order valence-corrected chi connectivity index (χ3v) is 5.41. The summed E-state index contributed by atoms with van der Waals surface area (Å²) in [6.07, 6.45) is 6.67. The van der Waals surface area contributed by atoms with E-state index in [1.54, 1.807) is 11.3 Å². The van der Waals surface area contributed by atoms with E-state index in [1.165, 1.54) is 0 Å². The van der Waals surface area contributed by atoms with Crippen LogP contribution in [0.25, 0.3) is 4.96 Å². The first-order chi connectivity index (χ1) is 12.3. The SMILES string of the molecule is CCNC(=NCc1cn2ccsc2n1)N1CCOC(C2CCCO2)C1.I. The van der Waals surface area contributed by atoms with Gasteiger partial charge in [0.2, 0.25) is 0 Å². The quantitative estimate of drug-likeness (QED) is 0.404. The van der Waals surface area contributed by atoms with Gasteiger partial charge in [-0.05, 0) is 19.8 Å². The van der Waals surface area contributed by atoms with Crippen molar-refractivity contribution in [3.63, 3.8) is 0 Å². The minimum atomic E-state index is 0. The number of morpholine rings is 1. The molecule has 2 unspecified atom stereocenters. The summed E-state index contributed by atoms with van der Waals surface area (Å²) < 4.78 is 13.8. The first-order valence-corrected chi connectivity index (χ1v) is 9.89. The Labute approximate surface area is 174 Å². The van der Waals surface area contributed by atoms with Crippen molar-refractivity contribution >= 4 is 46.2 Å². The van der Waals surface area contributed by atoms with Gasteiger partial charge in [0.15, 0.2) is 10.9 Å². The number of rotatable bonds is 4. The number of aromatic nitrogens is 2. The summed E-state index contributed by atoms with van der Waals surface area (Å²) in [6.45, 7) is 6.78. The topological polar surface area (TPSA) is 63.4 Å². The third kappa shape index (κ3) is 4.49. The lowest BCUT2D eigenvalue weighted by Gasteiger charge is -2.37. The Balaban J connectivity index is 0.00000196. The van der Waals surface area contributed by atoms with Gasteiger partial charge in [-0.1, -0.05) is 0 Å². The summed E-state index contributed by atoms with van der Waals surface area (Å²) in [5, 5.41) is 5.45. The summed E-state index contributed by atoms with van der Waals surface area (Å²) in [6, 6.07) is 0. The van der Waals surface area contributed by atoms with Gasteiger partial charge >= 0.3 is 0 Å². The molecule has 2 saturated heterocycles. The van der Waals surface area contributed by atoms with E-state index in [4.69, 9.17) is 14.5 Å². The minimum Gasteiger partial charge on any atom is -0.375 e. The lowest BCUT2D eigenvalue weighted by atomic mass is 10.1. The van der Waals surface area contributed by atoms with E-state index in [1.807, 2.05) is 22.2 Å². The number of ether oxygens (including phenoxy) is 2. The van der Waals surface area contributed by atoms with E-state index < -0.39 is 0 Å². The van der Waals surface area contributed by atoms with Crippen LogP contribution >= 0.6 is 35.3 Å². The molecule has 2 aromatic rings. The summed E-state index contributed by atoms with van der Waals surface area (Å²) in [7, 11) is 0. The van der Waals surface area contributed by atoms with Crippen LogP contribution in [0.1, 0.15) is 25.5 Å². The van der Waals surface area contributed by atoms with Gasteiger partial charge in [0.1, 0.15) is 6.10 Å². The second kappa shape index (κ2) is 9.34. The minimum absolute atomic E-state index is 0. The molecule has 2 aliphatic heterocycles. The van der Waals surface area contributed by atoms with Crippen molar-refractivity contribution in [2.75, 3.05) is 32.8 Å². The molecule has 1 N–H and O–H groups in total. The van der Waals surface area contributed by atoms with E-state index in [2.05, 4.69) is 22.1 Å². The van der Waals surface area contributed by atoms with E-state index in [0.29, 0.717) is 6.54 Å². The number of halogens is 1. The smallest absolute Gasteiger partial charge is 0.194 e. The molecule has 0 saturated carbocycles.